The largest absolute Gasteiger partial charge is 0.375 e. The number of anilines is 1. The third-order valence-electron chi connectivity index (χ3n) is 2.82. The molecular formula is C14H13ClN2O2. The van der Waals surface area contributed by atoms with Crippen molar-refractivity contribution in [1.82, 2.24) is 0 Å². The number of halogens is 1. The van der Waals surface area contributed by atoms with E-state index >= 15 is 0 Å². The molecule has 0 saturated carbocycles. The van der Waals surface area contributed by atoms with Crippen LogP contribution in [0.1, 0.15) is 11.1 Å². The fraction of sp³-hybridized carbons (Fsp3) is 0.143. The number of hydrogen-bond donors (Lipinski definition) is 1. The normalized spacial score (nSPS) is 10.2. The fourth-order valence-electron chi connectivity index (χ4n) is 1.84. The lowest BCUT2D eigenvalue weighted by Crippen LogP contribution is -2.03. The van der Waals surface area contributed by atoms with E-state index in [0.717, 1.165) is 5.56 Å². The smallest absolute Gasteiger partial charge is 0.295 e. The van der Waals surface area contributed by atoms with E-state index in [4.69, 9.17) is 11.6 Å². The second-order valence-electron chi connectivity index (χ2n) is 4.21. The molecule has 0 heterocycles. The number of aryl methyl sites for hydroxylation is 1. The van der Waals surface area contributed by atoms with Crippen LogP contribution in [0.15, 0.2) is 42.5 Å². The van der Waals surface area contributed by atoms with Crippen LogP contribution in [0.25, 0.3) is 0 Å². The van der Waals surface area contributed by atoms with E-state index in [2.05, 4.69) is 5.32 Å². The lowest BCUT2D eigenvalue weighted by Gasteiger charge is -2.08. The molecule has 0 spiro atoms. The zero-order valence-electron chi connectivity index (χ0n) is 10.4. The van der Waals surface area contributed by atoms with Crippen molar-refractivity contribution < 1.29 is 4.92 Å². The Labute approximate surface area is 116 Å². The Bertz CT molecular complexity index is 597. The summed E-state index contributed by atoms with van der Waals surface area (Å²) in [6.45, 7) is 2.24. The summed E-state index contributed by atoms with van der Waals surface area (Å²) in [7, 11) is 0. The van der Waals surface area contributed by atoms with Crippen molar-refractivity contribution in [3.63, 3.8) is 0 Å². The van der Waals surface area contributed by atoms with Gasteiger partial charge in [-0.15, -0.1) is 0 Å². The van der Waals surface area contributed by atoms with E-state index in [1.54, 1.807) is 37.3 Å². The standard InChI is InChI=1S/C14H13ClN2O2/c1-10-3-2-4-13(14(10)17(18)19)16-9-11-5-7-12(15)8-6-11/h2-8,16H,9H2,1H3. The number of benzene rings is 2. The Morgan fingerprint density at radius 3 is 2.53 bits per heavy atom. The third kappa shape index (κ3) is 3.23. The number of nitro benzene ring substituents is 1. The van der Waals surface area contributed by atoms with Crippen LogP contribution in [0, 0.1) is 17.0 Å². The first-order valence-corrected chi connectivity index (χ1v) is 6.18. The van der Waals surface area contributed by atoms with Gasteiger partial charge in [-0.3, -0.25) is 10.1 Å². The molecule has 4 nitrogen and oxygen atoms in total. The average Bonchev–Trinajstić information content (AvgIpc) is 2.37. The zero-order valence-corrected chi connectivity index (χ0v) is 11.1. The molecule has 2 rings (SSSR count). The minimum atomic E-state index is -0.362. The highest BCUT2D eigenvalue weighted by Gasteiger charge is 2.16. The summed E-state index contributed by atoms with van der Waals surface area (Å²) in [6.07, 6.45) is 0. The van der Waals surface area contributed by atoms with Crippen LogP contribution >= 0.6 is 11.6 Å². The third-order valence-corrected chi connectivity index (χ3v) is 3.07. The van der Waals surface area contributed by atoms with E-state index in [1.165, 1.54) is 0 Å². The molecule has 0 aliphatic rings. The van der Waals surface area contributed by atoms with Crippen LogP contribution < -0.4 is 5.32 Å². The maximum absolute atomic E-state index is 11.0. The Morgan fingerprint density at radius 2 is 1.89 bits per heavy atom. The van der Waals surface area contributed by atoms with Gasteiger partial charge in [0.25, 0.3) is 5.69 Å². The highest BCUT2D eigenvalue weighted by molar-refractivity contribution is 6.30. The quantitative estimate of drug-likeness (QED) is 0.673. The molecule has 0 aliphatic carbocycles. The van der Waals surface area contributed by atoms with Gasteiger partial charge in [-0.05, 0) is 30.7 Å². The predicted octanol–water partition coefficient (Wildman–Crippen LogP) is 4.17. The molecule has 98 valence electrons. The van der Waals surface area contributed by atoms with Crippen molar-refractivity contribution in [3.8, 4) is 0 Å². The Hall–Kier alpha value is -2.07. The van der Waals surface area contributed by atoms with Crippen molar-refractivity contribution in [1.29, 1.82) is 0 Å². The van der Waals surface area contributed by atoms with E-state index < -0.39 is 0 Å². The van der Waals surface area contributed by atoms with Gasteiger partial charge in [0.1, 0.15) is 5.69 Å². The molecule has 0 radical (unpaired) electrons. The lowest BCUT2D eigenvalue weighted by atomic mass is 10.1. The van der Waals surface area contributed by atoms with Crippen LogP contribution in [0.4, 0.5) is 11.4 Å². The van der Waals surface area contributed by atoms with Gasteiger partial charge in [0.05, 0.1) is 4.92 Å². The minimum Gasteiger partial charge on any atom is -0.375 e. The van der Waals surface area contributed by atoms with Crippen molar-refractivity contribution >= 4 is 23.0 Å². The number of nitrogens with zero attached hydrogens (tertiary/aromatic N) is 1. The van der Waals surface area contributed by atoms with Gasteiger partial charge < -0.3 is 5.32 Å². The van der Waals surface area contributed by atoms with E-state index in [1.807, 2.05) is 12.1 Å². The van der Waals surface area contributed by atoms with E-state index in [0.29, 0.717) is 22.8 Å². The molecule has 0 unspecified atom stereocenters. The monoisotopic (exact) mass is 276 g/mol. The number of hydrogen-bond acceptors (Lipinski definition) is 3. The second kappa shape index (κ2) is 5.71. The zero-order chi connectivity index (χ0) is 13.8. The number of nitro groups is 1. The molecule has 2 aromatic rings. The SMILES string of the molecule is Cc1cccc(NCc2ccc(Cl)cc2)c1[N+](=O)[O-]. The fourth-order valence-corrected chi connectivity index (χ4v) is 1.97. The van der Waals surface area contributed by atoms with Gasteiger partial charge in [-0.25, -0.2) is 0 Å². The number of nitrogens with one attached hydrogen (secondary N) is 1. The van der Waals surface area contributed by atoms with Gasteiger partial charge in [0.15, 0.2) is 0 Å². The number of para-hydroxylation sites is 1. The van der Waals surface area contributed by atoms with Gasteiger partial charge in [0.2, 0.25) is 0 Å². The molecule has 0 amide bonds. The van der Waals surface area contributed by atoms with Crippen LogP contribution in [-0.2, 0) is 6.54 Å². The highest BCUT2D eigenvalue weighted by Crippen LogP contribution is 2.28. The Morgan fingerprint density at radius 1 is 1.21 bits per heavy atom. The van der Waals surface area contributed by atoms with Crippen LogP contribution in [0.5, 0.6) is 0 Å². The molecule has 0 atom stereocenters. The van der Waals surface area contributed by atoms with Crippen LogP contribution in [0.3, 0.4) is 0 Å². The van der Waals surface area contributed by atoms with E-state index in [-0.39, 0.29) is 10.6 Å². The molecule has 5 heteroatoms. The summed E-state index contributed by atoms with van der Waals surface area (Å²) in [4.78, 5) is 10.7. The van der Waals surface area contributed by atoms with Crippen molar-refractivity contribution in [2.45, 2.75) is 13.5 Å². The molecule has 0 saturated heterocycles. The second-order valence-corrected chi connectivity index (χ2v) is 4.64. The first-order valence-electron chi connectivity index (χ1n) is 5.80. The van der Waals surface area contributed by atoms with Crippen LogP contribution in [-0.4, -0.2) is 4.92 Å². The van der Waals surface area contributed by atoms with Gasteiger partial charge in [-0.1, -0.05) is 35.9 Å². The van der Waals surface area contributed by atoms with Crippen LogP contribution in [0.2, 0.25) is 5.02 Å². The van der Waals surface area contributed by atoms with Gasteiger partial charge in [0, 0.05) is 17.1 Å². The summed E-state index contributed by atoms with van der Waals surface area (Å²) >= 11 is 5.81. The Balaban J connectivity index is 2.18. The van der Waals surface area contributed by atoms with Crippen molar-refractivity contribution in [3.05, 3.63) is 68.7 Å². The summed E-state index contributed by atoms with van der Waals surface area (Å²) in [5, 5.41) is 14.8. The first-order chi connectivity index (χ1) is 9.08. The molecule has 0 aliphatic heterocycles. The van der Waals surface area contributed by atoms with Crippen molar-refractivity contribution in [2.24, 2.45) is 0 Å². The summed E-state index contributed by atoms with van der Waals surface area (Å²) in [5.41, 5.74) is 2.31. The predicted molar refractivity (Wildman–Crippen MR) is 76.6 cm³/mol. The summed E-state index contributed by atoms with van der Waals surface area (Å²) in [5.74, 6) is 0. The maximum atomic E-state index is 11.0. The summed E-state index contributed by atoms with van der Waals surface area (Å²) < 4.78 is 0. The molecular weight excluding hydrogens is 264 g/mol. The molecule has 0 bridgehead atoms. The van der Waals surface area contributed by atoms with Crippen molar-refractivity contribution in [2.75, 3.05) is 5.32 Å². The maximum Gasteiger partial charge on any atom is 0.295 e. The molecule has 2 aromatic carbocycles. The summed E-state index contributed by atoms with van der Waals surface area (Å²) in [6, 6.07) is 12.6. The molecule has 19 heavy (non-hydrogen) atoms. The average molecular weight is 277 g/mol. The van der Waals surface area contributed by atoms with E-state index in [9.17, 15) is 10.1 Å². The highest BCUT2D eigenvalue weighted by atomic mass is 35.5. The van der Waals surface area contributed by atoms with Gasteiger partial charge in [-0.2, -0.15) is 0 Å². The Kier molecular flexibility index (Phi) is 4.02. The minimum absolute atomic E-state index is 0.122. The molecule has 0 aromatic heterocycles. The first kappa shape index (κ1) is 13.4. The lowest BCUT2D eigenvalue weighted by molar-refractivity contribution is -0.384. The molecule has 1 N–H and O–H groups in total. The van der Waals surface area contributed by atoms with Gasteiger partial charge >= 0.3 is 0 Å². The topological polar surface area (TPSA) is 55.2 Å². The number of rotatable bonds is 4. The molecule has 0 fully saturated rings.